The van der Waals surface area contributed by atoms with Crippen molar-refractivity contribution in [1.82, 2.24) is 9.78 Å². The summed E-state index contributed by atoms with van der Waals surface area (Å²) in [4.78, 5) is 10.5. The summed E-state index contributed by atoms with van der Waals surface area (Å²) in [6, 6.07) is 9.91. The maximum atomic E-state index is 12.7. The topological polar surface area (TPSA) is 141 Å². The minimum Gasteiger partial charge on any atom is -0.495 e. The van der Waals surface area contributed by atoms with Gasteiger partial charge in [0.1, 0.15) is 11.4 Å². The normalized spacial score (nSPS) is 11.4. The lowest BCUT2D eigenvalue weighted by Gasteiger charge is -2.12. The molecule has 0 saturated heterocycles. The number of hydrogen-bond donors (Lipinski definition) is 2. The van der Waals surface area contributed by atoms with Crippen LogP contribution in [0.2, 0.25) is 0 Å². The number of para-hydroxylation sites is 2. The molecule has 0 radical (unpaired) electrons. The zero-order valence-corrected chi connectivity index (χ0v) is 16.8. The van der Waals surface area contributed by atoms with Crippen LogP contribution in [-0.4, -0.2) is 36.4 Å². The molecule has 3 aromatic rings. The van der Waals surface area contributed by atoms with Gasteiger partial charge < -0.3 is 4.74 Å². The standard InChI is InChI=1S/C18H18N6O5S/c1-23-12-13(11-20-23)10-19-21-15-8-7-14(9-17(15)24(25)26)30(27,28)22-16-5-3-4-6-18(16)29-2/h3-12,21-22H,1-2H3/b19-10+. The number of aromatic nitrogens is 2. The van der Waals surface area contributed by atoms with Crippen molar-refractivity contribution < 1.29 is 18.1 Å². The molecule has 0 unspecified atom stereocenters. The summed E-state index contributed by atoms with van der Waals surface area (Å²) in [5, 5.41) is 19.4. The molecule has 0 aliphatic carbocycles. The van der Waals surface area contributed by atoms with Crippen LogP contribution in [0.25, 0.3) is 0 Å². The predicted molar refractivity (Wildman–Crippen MR) is 111 cm³/mol. The number of aryl methyl sites for hydroxylation is 1. The van der Waals surface area contributed by atoms with Gasteiger partial charge in [0.25, 0.3) is 15.7 Å². The highest BCUT2D eigenvalue weighted by atomic mass is 32.2. The van der Waals surface area contributed by atoms with E-state index in [0.717, 1.165) is 6.07 Å². The lowest BCUT2D eigenvalue weighted by atomic mass is 10.3. The predicted octanol–water partition coefficient (Wildman–Crippen LogP) is 2.58. The van der Waals surface area contributed by atoms with E-state index in [4.69, 9.17) is 4.74 Å². The van der Waals surface area contributed by atoms with E-state index < -0.39 is 20.6 Å². The fourth-order valence-corrected chi connectivity index (χ4v) is 3.63. The Labute approximate surface area is 172 Å². The first-order valence-electron chi connectivity index (χ1n) is 8.52. The zero-order valence-electron chi connectivity index (χ0n) is 16.0. The van der Waals surface area contributed by atoms with Crippen molar-refractivity contribution in [2.45, 2.75) is 4.90 Å². The maximum Gasteiger partial charge on any atom is 0.295 e. The fraction of sp³-hybridized carbons (Fsp3) is 0.111. The minimum atomic E-state index is -4.09. The number of nitro groups is 1. The van der Waals surface area contributed by atoms with E-state index >= 15 is 0 Å². The average Bonchev–Trinajstić information content (AvgIpc) is 3.13. The summed E-state index contributed by atoms with van der Waals surface area (Å²) in [7, 11) is -0.940. The Hall–Kier alpha value is -3.93. The van der Waals surface area contributed by atoms with Crippen molar-refractivity contribution >= 4 is 33.3 Å². The third-order valence-electron chi connectivity index (χ3n) is 3.95. The molecule has 156 valence electrons. The first kappa shape index (κ1) is 20.8. The second kappa shape index (κ2) is 8.61. The number of hydrogen-bond acceptors (Lipinski definition) is 8. The summed E-state index contributed by atoms with van der Waals surface area (Å²) in [5.74, 6) is 0.318. The molecule has 2 N–H and O–H groups in total. The number of rotatable bonds is 8. The second-order valence-electron chi connectivity index (χ2n) is 6.06. The van der Waals surface area contributed by atoms with Gasteiger partial charge >= 0.3 is 0 Å². The van der Waals surface area contributed by atoms with Crippen LogP contribution in [0.5, 0.6) is 5.75 Å². The van der Waals surface area contributed by atoms with E-state index in [1.165, 1.54) is 31.5 Å². The van der Waals surface area contributed by atoms with E-state index in [2.05, 4.69) is 20.3 Å². The Bertz CT molecular complexity index is 1210. The Morgan fingerprint density at radius 2 is 2.00 bits per heavy atom. The lowest BCUT2D eigenvalue weighted by Crippen LogP contribution is -2.14. The van der Waals surface area contributed by atoms with Crippen LogP contribution >= 0.6 is 0 Å². The van der Waals surface area contributed by atoms with Crippen LogP contribution in [0.3, 0.4) is 0 Å². The Morgan fingerprint density at radius 3 is 2.67 bits per heavy atom. The van der Waals surface area contributed by atoms with Crippen molar-refractivity contribution in [2.75, 3.05) is 17.3 Å². The molecule has 0 bridgehead atoms. The van der Waals surface area contributed by atoms with Crippen LogP contribution in [0.15, 0.2) is 64.9 Å². The lowest BCUT2D eigenvalue weighted by molar-refractivity contribution is -0.384. The van der Waals surface area contributed by atoms with Crippen molar-refractivity contribution in [3.8, 4) is 5.75 Å². The molecule has 1 heterocycles. The second-order valence-corrected chi connectivity index (χ2v) is 7.74. The van der Waals surface area contributed by atoms with Gasteiger partial charge in [-0.1, -0.05) is 12.1 Å². The van der Waals surface area contributed by atoms with Crippen molar-refractivity contribution in [3.05, 3.63) is 70.5 Å². The maximum absolute atomic E-state index is 12.7. The molecule has 2 aromatic carbocycles. The first-order valence-corrected chi connectivity index (χ1v) is 10.0. The quantitative estimate of drug-likeness (QED) is 0.318. The average molecular weight is 430 g/mol. The number of sulfonamides is 1. The van der Waals surface area contributed by atoms with Crippen LogP contribution in [0, 0.1) is 10.1 Å². The summed E-state index contributed by atoms with van der Waals surface area (Å²) in [6.45, 7) is 0. The number of anilines is 2. The Kier molecular flexibility index (Phi) is 5.97. The summed E-state index contributed by atoms with van der Waals surface area (Å²) in [6.07, 6.45) is 4.71. The first-order chi connectivity index (χ1) is 14.3. The molecule has 0 aliphatic heterocycles. The smallest absolute Gasteiger partial charge is 0.295 e. The molecule has 0 saturated carbocycles. The highest BCUT2D eigenvalue weighted by Gasteiger charge is 2.22. The summed E-state index contributed by atoms with van der Waals surface area (Å²) in [5.41, 5.74) is 3.05. The van der Waals surface area contributed by atoms with Gasteiger partial charge in [-0.05, 0) is 24.3 Å². The van der Waals surface area contributed by atoms with Crippen LogP contribution in [-0.2, 0) is 17.1 Å². The van der Waals surface area contributed by atoms with Gasteiger partial charge in [0.2, 0.25) is 0 Å². The third kappa shape index (κ3) is 4.72. The summed E-state index contributed by atoms with van der Waals surface area (Å²) >= 11 is 0. The Balaban J connectivity index is 1.86. The Morgan fingerprint density at radius 1 is 1.23 bits per heavy atom. The molecule has 30 heavy (non-hydrogen) atoms. The molecular weight excluding hydrogens is 412 g/mol. The van der Waals surface area contributed by atoms with Crippen LogP contribution < -0.4 is 14.9 Å². The number of nitrogens with zero attached hydrogens (tertiary/aromatic N) is 4. The van der Waals surface area contributed by atoms with E-state index in [1.54, 1.807) is 42.3 Å². The monoisotopic (exact) mass is 430 g/mol. The highest BCUT2D eigenvalue weighted by Crippen LogP contribution is 2.30. The molecule has 11 nitrogen and oxygen atoms in total. The van der Waals surface area contributed by atoms with Crippen molar-refractivity contribution in [2.24, 2.45) is 12.1 Å². The van der Waals surface area contributed by atoms with Gasteiger partial charge in [-0.2, -0.15) is 10.2 Å². The number of benzene rings is 2. The zero-order chi connectivity index (χ0) is 21.7. The van der Waals surface area contributed by atoms with Gasteiger partial charge in [-0.3, -0.25) is 24.9 Å². The van der Waals surface area contributed by atoms with Crippen molar-refractivity contribution in [3.63, 3.8) is 0 Å². The molecule has 0 atom stereocenters. The SMILES string of the molecule is COc1ccccc1NS(=O)(=O)c1ccc(N/N=C/c2cnn(C)c2)c([N+](=O)[O-])c1. The van der Waals surface area contributed by atoms with Crippen LogP contribution in [0.4, 0.5) is 17.1 Å². The number of ether oxygens (including phenoxy) is 1. The molecule has 0 amide bonds. The van der Waals surface area contributed by atoms with Gasteiger partial charge in [-0.25, -0.2) is 8.42 Å². The van der Waals surface area contributed by atoms with Crippen molar-refractivity contribution in [1.29, 1.82) is 0 Å². The van der Waals surface area contributed by atoms with Gasteiger partial charge in [0, 0.05) is 24.9 Å². The summed E-state index contributed by atoms with van der Waals surface area (Å²) < 4.78 is 34.5. The minimum absolute atomic E-state index is 0.0383. The van der Waals surface area contributed by atoms with E-state index in [1.807, 2.05) is 0 Å². The molecular formula is C18H18N6O5S. The molecule has 0 spiro atoms. The van der Waals surface area contributed by atoms with Gasteiger partial charge in [0.15, 0.2) is 0 Å². The van der Waals surface area contributed by atoms with Crippen LogP contribution in [0.1, 0.15) is 5.56 Å². The van der Waals surface area contributed by atoms with Gasteiger partial charge in [-0.15, -0.1) is 0 Å². The molecule has 0 fully saturated rings. The highest BCUT2D eigenvalue weighted by molar-refractivity contribution is 7.92. The van der Waals surface area contributed by atoms with Gasteiger partial charge in [0.05, 0.1) is 35.0 Å². The number of methoxy groups -OCH3 is 1. The number of nitrogens with one attached hydrogen (secondary N) is 2. The molecule has 3 rings (SSSR count). The van der Waals surface area contributed by atoms with E-state index in [-0.39, 0.29) is 16.3 Å². The van der Waals surface area contributed by atoms with E-state index in [9.17, 15) is 18.5 Å². The molecule has 0 aliphatic rings. The fourth-order valence-electron chi connectivity index (χ4n) is 2.54. The molecule has 1 aromatic heterocycles. The third-order valence-corrected chi connectivity index (χ3v) is 5.31. The number of hydrazone groups is 1. The largest absolute Gasteiger partial charge is 0.495 e. The number of nitro benzene ring substituents is 1. The molecule has 12 heteroatoms. The van der Waals surface area contributed by atoms with E-state index in [0.29, 0.717) is 11.3 Å².